The van der Waals surface area contributed by atoms with Crippen LogP contribution in [0.2, 0.25) is 5.02 Å². The first-order chi connectivity index (χ1) is 11.0. The number of benzene rings is 1. The summed E-state index contributed by atoms with van der Waals surface area (Å²) in [5.41, 5.74) is 1.76. The highest BCUT2D eigenvalue weighted by molar-refractivity contribution is 6.30. The van der Waals surface area contributed by atoms with Gasteiger partial charge in [0.2, 0.25) is 0 Å². The smallest absolute Gasteiger partial charge is 0.437 e. The van der Waals surface area contributed by atoms with Crippen molar-refractivity contribution in [3.05, 3.63) is 46.3 Å². The number of rotatable bonds is 4. The average molecular weight is 337 g/mol. The molecule has 23 heavy (non-hydrogen) atoms. The monoisotopic (exact) mass is 336 g/mol. The molecule has 6 heteroatoms. The maximum atomic E-state index is 11.5. The minimum absolute atomic E-state index is 0.167. The Morgan fingerprint density at radius 1 is 1.35 bits per heavy atom. The number of carbonyl (C=O) groups is 1. The van der Waals surface area contributed by atoms with Gasteiger partial charge in [-0.15, -0.1) is 0 Å². The van der Waals surface area contributed by atoms with Gasteiger partial charge in [-0.05, 0) is 36.6 Å². The van der Waals surface area contributed by atoms with Crippen LogP contribution < -0.4 is 5.32 Å². The van der Waals surface area contributed by atoms with Gasteiger partial charge in [0, 0.05) is 10.6 Å². The third-order valence-electron chi connectivity index (χ3n) is 3.57. The van der Waals surface area contributed by atoms with E-state index in [-0.39, 0.29) is 12.0 Å². The molecule has 1 aromatic carbocycles. The van der Waals surface area contributed by atoms with E-state index in [1.165, 1.54) is 7.11 Å². The first kappa shape index (κ1) is 17.3. The van der Waals surface area contributed by atoms with Gasteiger partial charge >= 0.3 is 6.16 Å². The zero-order valence-corrected chi connectivity index (χ0v) is 14.5. The van der Waals surface area contributed by atoms with Crippen molar-refractivity contribution in [2.24, 2.45) is 10.9 Å². The topological polar surface area (TPSA) is 59.9 Å². The SMILES string of the molecule is CCC1=C(OC(=O)OC)C(C(C)C)N=C(c2ccc(Cl)cc2)N1. The summed E-state index contributed by atoms with van der Waals surface area (Å²) < 4.78 is 9.96. The van der Waals surface area contributed by atoms with Crippen molar-refractivity contribution in [3.8, 4) is 0 Å². The van der Waals surface area contributed by atoms with E-state index in [0.717, 1.165) is 17.1 Å². The highest BCUT2D eigenvalue weighted by Gasteiger charge is 2.30. The molecule has 0 fully saturated rings. The molecule has 2 rings (SSSR count). The lowest BCUT2D eigenvalue weighted by atomic mass is 9.98. The van der Waals surface area contributed by atoms with Crippen molar-refractivity contribution in [1.82, 2.24) is 5.32 Å². The number of aliphatic imine (C=N–C) groups is 1. The Balaban J connectivity index is 2.38. The van der Waals surface area contributed by atoms with Crippen molar-refractivity contribution in [2.45, 2.75) is 33.2 Å². The van der Waals surface area contributed by atoms with Crippen molar-refractivity contribution in [3.63, 3.8) is 0 Å². The van der Waals surface area contributed by atoms with E-state index in [0.29, 0.717) is 17.2 Å². The predicted octanol–water partition coefficient (Wildman–Crippen LogP) is 4.12. The molecule has 1 aromatic rings. The highest BCUT2D eigenvalue weighted by Crippen LogP contribution is 2.27. The molecule has 1 N–H and O–H groups in total. The number of carbonyl (C=O) groups excluding carboxylic acids is 1. The fourth-order valence-electron chi connectivity index (χ4n) is 2.34. The van der Waals surface area contributed by atoms with E-state index in [2.05, 4.69) is 10.1 Å². The van der Waals surface area contributed by atoms with Gasteiger partial charge in [-0.3, -0.25) is 4.99 Å². The second kappa shape index (κ2) is 7.51. The summed E-state index contributed by atoms with van der Waals surface area (Å²) >= 11 is 5.94. The molecule has 1 unspecified atom stereocenters. The number of nitrogens with one attached hydrogen (secondary N) is 1. The molecule has 5 nitrogen and oxygen atoms in total. The number of allylic oxidation sites excluding steroid dienone is 1. The van der Waals surface area contributed by atoms with Crippen LogP contribution in [0.5, 0.6) is 0 Å². The van der Waals surface area contributed by atoms with Gasteiger partial charge < -0.3 is 14.8 Å². The van der Waals surface area contributed by atoms with Crippen LogP contribution in [0.15, 0.2) is 40.7 Å². The summed E-state index contributed by atoms with van der Waals surface area (Å²) in [5.74, 6) is 1.43. The molecule has 0 aromatic heterocycles. The van der Waals surface area contributed by atoms with Crippen LogP contribution in [0.3, 0.4) is 0 Å². The van der Waals surface area contributed by atoms with Gasteiger partial charge in [0.15, 0.2) is 5.76 Å². The van der Waals surface area contributed by atoms with Crippen LogP contribution >= 0.6 is 11.6 Å². The Hall–Kier alpha value is -2.01. The summed E-state index contributed by atoms with van der Waals surface area (Å²) in [6.07, 6.45) is -0.0501. The maximum Gasteiger partial charge on any atom is 0.513 e. The molecule has 0 saturated heterocycles. The Morgan fingerprint density at radius 2 is 2.00 bits per heavy atom. The quantitative estimate of drug-likeness (QED) is 0.840. The lowest BCUT2D eigenvalue weighted by Gasteiger charge is -2.29. The zero-order chi connectivity index (χ0) is 17.0. The maximum absolute atomic E-state index is 11.5. The van der Waals surface area contributed by atoms with Crippen LogP contribution in [0.1, 0.15) is 32.8 Å². The Kier molecular flexibility index (Phi) is 5.66. The van der Waals surface area contributed by atoms with Crippen molar-refractivity contribution in [1.29, 1.82) is 0 Å². The average Bonchev–Trinajstić information content (AvgIpc) is 2.55. The summed E-state index contributed by atoms with van der Waals surface area (Å²) in [7, 11) is 1.29. The molecular formula is C17H21ClN2O3. The number of hydrogen-bond donors (Lipinski definition) is 1. The lowest BCUT2D eigenvalue weighted by molar-refractivity contribution is 0.0889. The fraction of sp³-hybridized carbons (Fsp3) is 0.412. The summed E-state index contributed by atoms with van der Waals surface area (Å²) in [6, 6.07) is 7.20. The van der Waals surface area contributed by atoms with Gasteiger partial charge in [-0.1, -0.05) is 32.4 Å². The number of hydrogen-bond acceptors (Lipinski definition) is 5. The van der Waals surface area contributed by atoms with Gasteiger partial charge in [0.05, 0.1) is 12.8 Å². The summed E-state index contributed by atoms with van der Waals surface area (Å²) in [4.78, 5) is 16.2. The molecule has 1 aliphatic heterocycles. The molecule has 0 spiro atoms. The van der Waals surface area contributed by atoms with Crippen LogP contribution in [0, 0.1) is 5.92 Å². The van der Waals surface area contributed by atoms with E-state index in [1.807, 2.05) is 45.0 Å². The number of methoxy groups -OCH3 is 1. The number of nitrogens with zero attached hydrogens (tertiary/aromatic N) is 1. The first-order valence-corrected chi connectivity index (χ1v) is 7.93. The summed E-state index contributed by atoms with van der Waals surface area (Å²) in [6.45, 7) is 6.06. The predicted molar refractivity (Wildman–Crippen MR) is 90.6 cm³/mol. The first-order valence-electron chi connectivity index (χ1n) is 7.55. The molecule has 1 aliphatic rings. The van der Waals surface area contributed by atoms with E-state index in [1.54, 1.807) is 0 Å². The summed E-state index contributed by atoms with van der Waals surface area (Å²) in [5, 5.41) is 3.93. The molecule has 1 heterocycles. The standard InChI is InChI=1S/C17H21ClN2O3/c1-5-13-15(23-17(21)22-4)14(10(2)3)20-16(19-13)11-6-8-12(18)9-7-11/h6-10,14H,5H2,1-4H3,(H,19,20). The minimum Gasteiger partial charge on any atom is -0.437 e. The van der Waals surface area contributed by atoms with Crippen LogP contribution in [0.4, 0.5) is 4.79 Å². The lowest BCUT2D eigenvalue weighted by Crippen LogP contribution is -2.37. The van der Waals surface area contributed by atoms with Gasteiger partial charge in [0.25, 0.3) is 0 Å². The zero-order valence-electron chi connectivity index (χ0n) is 13.7. The third-order valence-corrected chi connectivity index (χ3v) is 3.82. The highest BCUT2D eigenvalue weighted by atomic mass is 35.5. The number of ether oxygens (including phenoxy) is 2. The molecule has 0 amide bonds. The molecule has 1 atom stereocenters. The molecule has 0 radical (unpaired) electrons. The largest absolute Gasteiger partial charge is 0.513 e. The van der Waals surface area contributed by atoms with Crippen molar-refractivity contribution >= 4 is 23.6 Å². The number of halogens is 1. The molecule has 0 saturated carbocycles. The molecular weight excluding hydrogens is 316 g/mol. The van der Waals surface area contributed by atoms with Crippen LogP contribution in [0.25, 0.3) is 0 Å². The minimum atomic E-state index is -0.733. The Labute approximate surface area is 141 Å². The van der Waals surface area contributed by atoms with Gasteiger partial charge in [0.1, 0.15) is 11.9 Å². The van der Waals surface area contributed by atoms with E-state index >= 15 is 0 Å². The fourth-order valence-corrected chi connectivity index (χ4v) is 2.46. The van der Waals surface area contributed by atoms with Gasteiger partial charge in [-0.25, -0.2) is 4.79 Å². The molecule has 124 valence electrons. The number of amidine groups is 1. The third kappa shape index (κ3) is 4.05. The van der Waals surface area contributed by atoms with Crippen LogP contribution in [-0.2, 0) is 9.47 Å². The Morgan fingerprint density at radius 3 is 2.52 bits per heavy atom. The van der Waals surface area contributed by atoms with E-state index in [9.17, 15) is 4.79 Å². The van der Waals surface area contributed by atoms with Crippen molar-refractivity contribution < 1.29 is 14.3 Å². The molecule has 0 bridgehead atoms. The van der Waals surface area contributed by atoms with Crippen molar-refractivity contribution in [2.75, 3.05) is 7.11 Å². The second-order valence-electron chi connectivity index (χ2n) is 5.55. The van der Waals surface area contributed by atoms with E-state index in [4.69, 9.17) is 21.3 Å². The normalized spacial score (nSPS) is 17.7. The second-order valence-corrected chi connectivity index (χ2v) is 5.99. The van der Waals surface area contributed by atoms with E-state index < -0.39 is 6.16 Å². The molecule has 0 aliphatic carbocycles. The van der Waals surface area contributed by atoms with Gasteiger partial charge in [-0.2, -0.15) is 0 Å². The Bertz CT molecular complexity index is 636. The van der Waals surface area contributed by atoms with Crippen LogP contribution in [-0.4, -0.2) is 25.1 Å².